The van der Waals surface area contributed by atoms with E-state index in [1.54, 1.807) is 42.5 Å². The van der Waals surface area contributed by atoms with E-state index < -0.39 is 0 Å². The van der Waals surface area contributed by atoms with Crippen molar-refractivity contribution in [3.05, 3.63) is 59.7 Å². The zero-order valence-electron chi connectivity index (χ0n) is 12.6. The summed E-state index contributed by atoms with van der Waals surface area (Å²) < 4.78 is 5.57. The Balaban J connectivity index is 1.67. The van der Waals surface area contributed by atoms with Crippen LogP contribution >= 0.6 is 0 Å². The molecule has 4 heteroatoms. The maximum Gasteiger partial charge on any atom is 0.189 e. The van der Waals surface area contributed by atoms with Crippen LogP contribution < -0.4 is 4.74 Å². The summed E-state index contributed by atoms with van der Waals surface area (Å²) in [5.41, 5.74) is 1.03. The molecule has 0 amide bonds. The van der Waals surface area contributed by atoms with E-state index in [2.05, 4.69) is 0 Å². The van der Waals surface area contributed by atoms with E-state index in [9.17, 15) is 15.0 Å². The molecule has 0 atom stereocenters. The number of allylic oxidation sites excluding steroid dienone is 1. The van der Waals surface area contributed by atoms with Crippen molar-refractivity contribution in [1.82, 2.24) is 0 Å². The van der Waals surface area contributed by atoms with Crippen molar-refractivity contribution in [2.45, 2.75) is 12.8 Å². The quantitative estimate of drug-likeness (QED) is 0.629. The number of hydrogen-bond acceptors (Lipinski definition) is 4. The summed E-state index contributed by atoms with van der Waals surface area (Å²) in [5.74, 6) is 1.01. The third-order valence-corrected chi connectivity index (χ3v) is 3.74. The molecule has 1 aliphatic carbocycles. The number of ketones is 1. The van der Waals surface area contributed by atoms with E-state index in [0.717, 1.165) is 5.56 Å². The fourth-order valence-corrected chi connectivity index (χ4v) is 2.16. The molecule has 0 unspecified atom stereocenters. The lowest BCUT2D eigenvalue weighted by atomic mass is 10.1. The first-order valence-electron chi connectivity index (χ1n) is 7.59. The predicted molar refractivity (Wildman–Crippen MR) is 87.8 cm³/mol. The Morgan fingerprint density at radius 2 is 1.87 bits per heavy atom. The highest BCUT2D eigenvalue weighted by molar-refractivity contribution is 6.08. The van der Waals surface area contributed by atoms with E-state index in [0.29, 0.717) is 18.3 Å². The maximum atomic E-state index is 12.2. The molecule has 1 fully saturated rings. The lowest BCUT2D eigenvalue weighted by Gasteiger charge is -2.07. The summed E-state index contributed by atoms with van der Waals surface area (Å²) in [7, 11) is 0. The van der Waals surface area contributed by atoms with Crippen LogP contribution in [0.2, 0.25) is 0 Å². The first-order chi connectivity index (χ1) is 11.1. The Morgan fingerprint density at radius 1 is 1.13 bits per heavy atom. The van der Waals surface area contributed by atoms with Gasteiger partial charge >= 0.3 is 0 Å². The molecule has 0 aromatic heterocycles. The maximum absolute atomic E-state index is 12.2. The summed E-state index contributed by atoms with van der Waals surface area (Å²) >= 11 is 0. The topological polar surface area (TPSA) is 66.8 Å². The van der Waals surface area contributed by atoms with Crippen molar-refractivity contribution in [2.24, 2.45) is 5.92 Å². The molecule has 2 aromatic rings. The van der Waals surface area contributed by atoms with Gasteiger partial charge in [-0.15, -0.1) is 0 Å². The van der Waals surface area contributed by atoms with E-state index >= 15 is 0 Å². The Bertz CT molecular complexity index is 728. The highest BCUT2D eigenvalue weighted by atomic mass is 16.5. The highest BCUT2D eigenvalue weighted by Gasteiger charge is 2.22. The summed E-state index contributed by atoms with van der Waals surface area (Å²) in [6.45, 7) is 0.660. The first-order valence-corrected chi connectivity index (χ1v) is 7.59. The third kappa shape index (κ3) is 4.13. The first kappa shape index (κ1) is 15.2. The molecule has 4 nitrogen and oxygen atoms in total. The van der Waals surface area contributed by atoms with Crippen molar-refractivity contribution in [1.29, 1.82) is 0 Å². The average Bonchev–Trinajstić information content (AvgIpc) is 3.36. The van der Waals surface area contributed by atoms with Gasteiger partial charge in [0.1, 0.15) is 17.2 Å². The van der Waals surface area contributed by atoms with Gasteiger partial charge in [0.2, 0.25) is 0 Å². The van der Waals surface area contributed by atoms with Crippen LogP contribution in [0.4, 0.5) is 0 Å². The van der Waals surface area contributed by atoms with Crippen LogP contribution in [0.15, 0.2) is 48.5 Å². The molecule has 0 radical (unpaired) electrons. The van der Waals surface area contributed by atoms with E-state index in [-0.39, 0.29) is 22.8 Å². The van der Waals surface area contributed by atoms with Crippen LogP contribution in [0.3, 0.4) is 0 Å². The minimum absolute atomic E-state index is 0.0846. The van der Waals surface area contributed by atoms with Gasteiger partial charge in [-0.25, -0.2) is 0 Å². The largest absolute Gasteiger partial charge is 0.508 e. The Labute approximate surface area is 134 Å². The third-order valence-electron chi connectivity index (χ3n) is 3.74. The number of benzene rings is 2. The predicted octanol–water partition coefficient (Wildman–Crippen LogP) is 3.78. The number of phenols is 2. The van der Waals surface area contributed by atoms with Crippen molar-refractivity contribution in [3.8, 4) is 17.2 Å². The molecule has 3 rings (SSSR count). The van der Waals surface area contributed by atoms with Crippen molar-refractivity contribution in [2.75, 3.05) is 6.61 Å². The molecule has 118 valence electrons. The SMILES string of the molecule is O=C(/C=C/c1ccc(O)cc1)c1ccc(OCC2CC2)cc1O. The van der Waals surface area contributed by atoms with E-state index in [1.165, 1.54) is 25.0 Å². The summed E-state index contributed by atoms with van der Waals surface area (Å²) in [6.07, 6.45) is 5.43. The lowest BCUT2D eigenvalue weighted by Crippen LogP contribution is -2.00. The standard InChI is InChI=1S/C19H18O4/c20-15-6-3-13(4-7-15)5-10-18(21)17-9-8-16(11-19(17)22)23-12-14-1-2-14/h3-11,14,20,22H,1-2,12H2/b10-5+. The second-order valence-electron chi connectivity index (χ2n) is 5.72. The molecule has 2 aromatic carbocycles. The van der Waals surface area contributed by atoms with Crippen LogP contribution in [0, 0.1) is 5.92 Å². The number of hydrogen-bond donors (Lipinski definition) is 2. The van der Waals surface area contributed by atoms with Gasteiger partial charge < -0.3 is 14.9 Å². The zero-order chi connectivity index (χ0) is 16.2. The number of ether oxygens (including phenoxy) is 1. The monoisotopic (exact) mass is 310 g/mol. The molecule has 0 aliphatic heterocycles. The van der Waals surface area contributed by atoms with Gasteiger partial charge in [0, 0.05) is 6.07 Å². The molecule has 1 saturated carbocycles. The van der Waals surface area contributed by atoms with E-state index in [4.69, 9.17) is 4.74 Å². The molecule has 0 spiro atoms. The summed E-state index contributed by atoms with van der Waals surface area (Å²) in [6, 6.07) is 11.2. The number of rotatable bonds is 6. The Hall–Kier alpha value is -2.75. The molecule has 1 aliphatic rings. The fourth-order valence-electron chi connectivity index (χ4n) is 2.16. The number of carbonyl (C=O) groups excluding carboxylic acids is 1. The van der Waals surface area contributed by atoms with Gasteiger partial charge in [-0.2, -0.15) is 0 Å². The van der Waals surface area contributed by atoms with Gasteiger partial charge in [0.15, 0.2) is 5.78 Å². The van der Waals surface area contributed by atoms with Crippen LogP contribution in [0.1, 0.15) is 28.8 Å². The zero-order valence-corrected chi connectivity index (χ0v) is 12.6. The smallest absolute Gasteiger partial charge is 0.189 e. The molecule has 2 N–H and O–H groups in total. The Morgan fingerprint density at radius 3 is 2.52 bits per heavy atom. The number of carbonyl (C=O) groups is 1. The summed E-state index contributed by atoms with van der Waals surface area (Å²) in [5, 5.41) is 19.2. The normalized spacial score (nSPS) is 14.1. The second-order valence-corrected chi connectivity index (χ2v) is 5.72. The van der Waals surface area contributed by atoms with Gasteiger partial charge in [0.25, 0.3) is 0 Å². The average molecular weight is 310 g/mol. The lowest BCUT2D eigenvalue weighted by molar-refractivity contribution is 0.104. The fraction of sp³-hybridized carbons (Fsp3) is 0.211. The minimum atomic E-state index is -0.288. The molecule has 23 heavy (non-hydrogen) atoms. The molecule has 0 saturated heterocycles. The van der Waals surface area contributed by atoms with Crippen LogP contribution in [0.25, 0.3) is 6.08 Å². The van der Waals surface area contributed by atoms with Crippen molar-refractivity contribution >= 4 is 11.9 Å². The number of aromatic hydroxyl groups is 2. The summed E-state index contributed by atoms with van der Waals surface area (Å²) in [4.78, 5) is 12.2. The van der Waals surface area contributed by atoms with Crippen molar-refractivity contribution < 1.29 is 19.7 Å². The van der Waals surface area contributed by atoms with Gasteiger partial charge in [-0.3, -0.25) is 4.79 Å². The van der Waals surface area contributed by atoms with Crippen molar-refractivity contribution in [3.63, 3.8) is 0 Å². The second kappa shape index (κ2) is 6.57. The molecule has 0 heterocycles. The van der Waals surface area contributed by atoms with Gasteiger partial charge in [0.05, 0.1) is 12.2 Å². The molecular formula is C19H18O4. The van der Waals surface area contributed by atoms with Gasteiger partial charge in [-0.1, -0.05) is 18.2 Å². The van der Waals surface area contributed by atoms with Gasteiger partial charge in [-0.05, 0) is 54.7 Å². The minimum Gasteiger partial charge on any atom is -0.508 e. The number of phenolic OH excluding ortho intramolecular Hbond substituents is 2. The van der Waals surface area contributed by atoms with Crippen LogP contribution in [-0.4, -0.2) is 22.6 Å². The van der Waals surface area contributed by atoms with Crippen LogP contribution in [-0.2, 0) is 0 Å². The molecular weight excluding hydrogens is 292 g/mol. The van der Waals surface area contributed by atoms with Crippen LogP contribution in [0.5, 0.6) is 17.2 Å². The molecule has 0 bridgehead atoms. The Kier molecular flexibility index (Phi) is 4.33. The van der Waals surface area contributed by atoms with E-state index in [1.807, 2.05) is 0 Å². The highest BCUT2D eigenvalue weighted by Crippen LogP contribution is 2.31.